The largest absolute Gasteiger partial charge is 0.378 e. The number of halogens is 1. The number of likely N-dealkylation sites (tertiary alicyclic amines) is 1. The van der Waals surface area contributed by atoms with Gasteiger partial charge in [0.15, 0.2) is 5.96 Å². The molecule has 2 aromatic rings. The fraction of sp³-hybridized carbons (Fsp3) is 0.550. The first-order valence-electron chi connectivity index (χ1n) is 9.61. The average molecular weight is 360 g/mol. The van der Waals surface area contributed by atoms with Gasteiger partial charge in [0.1, 0.15) is 5.82 Å². The molecule has 0 amide bonds. The Hall–Kier alpha value is -2.08. The molecule has 2 heterocycles. The minimum absolute atomic E-state index is 0.202. The molecule has 1 aliphatic rings. The molecule has 142 valence electrons. The summed E-state index contributed by atoms with van der Waals surface area (Å²) in [5.41, 5.74) is 2.07. The fourth-order valence-electron chi connectivity index (χ4n) is 3.54. The van der Waals surface area contributed by atoms with Crippen LogP contribution in [0.2, 0.25) is 0 Å². The van der Waals surface area contributed by atoms with E-state index in [4.69, 9.17) is 9.73 Å². The second kappa shape index (κ2) is 9.03. The fourth-order valence-corrected chi connectivity index (χ4v) is 3.54. The maximum absolute atomic E-state index is 13.5. The Labute approximate surface area is 154 Å². The Bertz CT molecular complexity index is 734. The van der Waals surface area contributed by atoms with Gasteiger partial charge in [-0.05, 0) is 56.9 Å². The van der Waals surface area contributed by atoms with E-state index in [9.17, 15) is 4.39 Å². The molecule has 0 unspecified atom stereocenters. The van der Waals surface area contributed by atoms with Crippen LogP contribution in [0.3, 0.4) is 0 Å². The van der Waals surface area contributed by atoms with Gasteiger partial charge in [-0.3, -0.25) is 4.99 Å². The first-order chi connectivity index (χ1) is 12.7. The summed E-state index contributed by atoms with van der Waals surface area (Å²) in [6, 6.07) is 4.86. The first kappa shape index (κ1) is 18.7. The van der Waals surface area contributed by atoms with Gasteiger partial charge in [-0.1, -0.05) is 0 Å². The highest BCUT2D eigenvalue weighted by atomic mass is 19.1. The number of benzene rings is 1. The van der Waals surface area contributed by atoms with E-state index in [0.717, 1.165) is 67.9 Å². The smallest absolute Gasteiger partial charge is 0.193 e. The number of guanidine groups is 1. The van der Waals surface area contributed by atoms with Gasteiger partial charge in [-0.2, -0.15) is 0 Å². The topological polar surface area (TPSA) is 52.7 Å². The molecule has 1 aromatic heterocycles. The van der Waals surface area contributed by atoms with E-state index in [-0.39, 0.29) is 5.82 Å². The van der Waals surface area contributed by atoms with Crippen molar-refractivity contribution in [2.45, 2.75) is 39.2 Å². The van der Waals surface area contributed by atoms with Crippen molar-refractivity contribution in [1.29, 1.82) is 0 Å². The number of fused-ring (bicyclic) bond motifs is 1. The summed E-state index contributed by atoms with van der Waals surface area (Å²) >= 11 is 0. The molecule has 26 heavy (non-hydrogen) atoms. The molecule has 0 saturated carbocycles. The normalized spacial score (nSPS) is 16.4. The lowest BCUT2D eigenvalue weighted by molar-refractivity contribution is 0.0264. The number of hydrogen-bond acceptors (Lipinski definition) is 2. The summed E-state index contributed by atoms with van der Waals surface area (Å²) in [4.78, 5) is 10.3. The number of rotatable bonds is 6. The Balaban J connectivity index is 1.61. The molecule has 0 bridgehead atoms. The van der Waals surface area contributed by atoms with Crippen molar-refractivity contribution in [3.8, 4) is 0 Å². The van der Waals surface area contributed by atoms with Crippen LogP contribution < -0.4 is 5.32 Å². The minimum atomic E-state index is -0.202. The molecule has 1 aliphatic heterocycles. The monoisotopic (exact) mass is 360 g/mol. The predicted octanol–water partition coefficient (Wildman–Crippen LogP) is 3.32. The minimum Gasteiger partial charge on any atom is -0.378 e. The van der Waals surface area contributed by atoms with Crippen molar-refractivity contribution in [1.82, 2.24) is 15.2 Å². The van der Waals surface area contributed by atoms with Crippen molar-refractivity contribution in [3.05, 3.63) is 35.8 Å². The molecular weight excluding hydrogens is 331 g/mol. The lowest BCUT2D eigenvalue weighted by atomic mass is 10.1. The third kappa shape index (κ3) is 4.55. The molecule has 6 heteroatoms. The number of piperidine rings is 1. The molecule has 1 saturated heterocycles. The van der Waals surface area contributed by atoms with Crippen LogP contribution in [0.15, 0.2) is 29.4 Å². The van der Waals surface area contributed by atoms with Gasteiger partial charge < -0.3 is 19.9 Å². The summed E-state index contributed by atoms with van der Waals surface area (Å²) in [5, 5.41) is 4.34. The molecular formula is C20H29FN4O. The highest BCUT2D eigenvalue weighted by molar-refractivity contribution is 5.83. The van der Waals surface area contributed by atoms with Crippen molar-refractivity contribution in [2.75, 3.05) is 32.8 Å². The predicted molar refractivity (Wildman–Crippen MR) is 104 cm³/mol. The van der Waals surface area contributed by atoms with Gasteiger partial charge in [0.2, 0.25) is 0 Å². The molecule has 0 spiro atoms. The van der Waals surface area contributed by atoms with Crippen molar-refractivity contribution in [3.63, 3.8) is 0 Å². The summed E-state index contributed by atoms with van der Waals surface area (Å²) in [6.45, 7) is 8.38. The zero-order chi connectivity index (χ0) is 18.4. The maximum Gasteiger partial charge on any atom is 0.193 e. The number of hydrogen-bond donors (Lipinski definition) is 2. The van der Waals surface area contributed by atoms with Crippen molar-refractivity contribution >= 4 is 16.9 Å². The van der Waals surface area contributed by atoms with Crippen LogP contribution in [0, 0.1) is 5.82 Å². The van der Waals surface area contributed by atoms with Gasteiger partial charge in [-0.15, -0.1) is 0 Å². The number of nitrogens with one attached hydrogen (secondary N) is 2. The Morgan fingerprint density at radius 1 is 1.35 bits per heavy atom. The van der Waals surface area contributed by atoms with Crippen LogP contribution in [0.5, 0.6) is 0 Å². The average Bonchev–Trinajstić information content (AvgIpc) is 3.04. The summed E-state index contributed by atoms with van der Waals surface area (Å²) in [6.07, 6.45) is 5.20. The van der Waals surface area contributed by atoms with E-state index in [2.05, 4.69) is 29.0 Å². The quantitative estimate of drug-likeness (QED) is 0.614. The van der Waals surface area contributed by atoms with Crippen LogP contribution >= 0.6 is 0 Å². The second-order valence-electron chi connectivity index (χ2n) is 6.63. The summed E-state index contributed by atoms with van der Waals surface area (Å²) in [5.74, 6) is 0.765. The molecule has 2 N–H and O–H groups in total. The highest BCUT2D eigenvalue weighted by Crippen LogP contribution is 2.20. The Morgan fingerprint density at radius 2 is 2.15 bits per heavy atom. The van der Waals surface area contributed by atoms with E-state index in [1.165, 1.54) is 6.07 Å². The van der Waals surface area contributed by atoms with Crippen LogP contribution in [0.25, 0.3) is 10.9 Å². The van der Waals surface area contributed by atoms with Gasteiger partial charge in [0.25, 0.3) is 0 Å². The number of H-pyrrole nitrogens is 1. The molecule has 0 aliphatic carbocycles. The number of aromatic nitrogens is 1. The zero-order valence-electron chi connectivity index (χ0n) is 15.7. The lowest BCUT2D eigenvalue weighted by Gasteiger charge is -2.34. The summed E-state index contributed by atoms with van der Waals surface area (Å²) in [7, 11) is 0. The number of ether oxygens (including phenoxy) is 1. The summed E-state index contributed by atoms with van der Waals surface area (Å²) < 4.78 is 19.2. The van der Waals surface area contributed by atoms with Gasteiger partial charge in [-0.25, -0.2) is 4.39 Å². The van der Waals surface area contributed by atoms with Gasteiger partial charge in [0, 0.05) is 49.9 Å². The van der Waals surface area contributed by atoms with Crippen LogP contribution in [-0.4, -0.2) is 54.7 Å². The maximum atomic E-state index is 13.5. The Kier molecular flexibility index (Phi) is 6.50. The highest BCUT2D eigenvalue weighted by Gasteiger charge is 2.21. The lowest BCUT2D eigenvalue weighted by Crippen LogP contribution is -2.47. The third-order valence-corrected chi connectivity index (χ3v) is 4.85. The number of aromatic amines is 1. The van der Waals surface area contributed by atoms with Crippen molar-refractivity contribution in [2.24, 2.45) is 4.99 Å². The van der Waals surface area contributed by atoms with Crippen LogP contribution in [0.4, 0.5) is 4.39 Å². The molecule has 0 radical (unpaired) electrons. The van der Waals surface area contributed by atoms with Gasteiger partial charge >= 0.3 is 0 Å². The van der Waals surface area contributed by atoms with E-state index < -0.39 is 0 Å². The van der Waals surface area contributed by atoms with Crippen molar-refractivity contribution < 1.29 is 9.13 Å². The van der Waals surface area contributed by atoms with E-state index in [0.29, 0.717) is 12.6 Å². The van der Waals surface area contributed by atoms with E-state index >= 15 is 0 Å². The molecule has 1 fully saturated rings. The van der Waals surface area contributed by atoms with Gasteiger partial charge in [0.05, 0.1) is 6.10 Å². The molecule has 0 atom stereocenters. The first-order valence-corrected chi connectivity index (χ1v) is 9.61. The third-order valence-electron chi connectivity index (χ3n) is 4.85. The van der Waals surface area contributed by atoms with E-state index in [1.54, 1.807) is 12.1 Å². The Morgan fingerprint density at radius 3 is 2.88 bits per heavy atom. The molecule has 3 rings (SSSR count). The molecule has 5 nitrogen and oxygen atoms in total. The van der Waals surface area contributed by atoms with Crippen LogP contribution in [0.1, 0.15) is 32.3 Å². The SMILES string of the molecule is CCNC(=NCCc1c[nH]c2ccc(F)cc12)N1CCC(OCC)CC1. The standard InChI is InChI=1S/C20H29FN4O/c1-3-22-20(25-11-8-17(9-12-25)26-4-2)23-10-7-15-14-24-19-6-5-16(21)13-18(15)19/h5-6,13-14,17,24H,3-4,7-12H2,1-2H3,(H,22,23). The van der Waals surface area contributed by atoms with Crippen LogP contribution in [-0.2, 0) is 11.2 Å². The number of aliphatic imine (C=N–C) groups is 1. The molecule has 1 aromatic carbocycles. The zero-order valence-corrected chi connectivity index (χ0v) is 15.7. The second-order valence-corrected chi connectivity index (χ2v) is 6.63. The van der Waals surface area contributed by atoms with E-state index in [1.807, 2.05) is 6.20 Å². The number of nitrogens with zero attached hydrogens (tertiary/aromatic N) is 2.